The molecule has 0 saturated heterocycles. The average molecular weight is 309 g/mol. The van der Waals surface area contributed by atoms with Crippen molar-refractivity contribution in [3.05, 3.63) is 18.7 Å². The number of nitrogens with zero attached hydrogens (tertiary/aromatic N) is 2. The summed E-state index contributed by atoms with van der Waals surface area (Å²) in [5, 5.41) is 2.93. The van der Waals surface area contributed by atoms with E-state index in [1.165, 1.54) is 0 Å². The van der Waals surface area contributed by atoms with Gasteiger partial charge in [-0.1, -0.05) is 6.42 Å². The van der Waals surface area contributed by atoms with Gasteiger partial charge in [0.1, 0.15) is 0 Å². The summed E-state index contributed by atoms with van der Waals surface area (Å²) in [5.74, 6) is 0.496. The Labute approximate surface area is 126 Å². The smallest absolute Gasteiger partial charge is 0.220 e. The molecule has 0 bridgehead atoms. The van der Waals surface area contributed by atoms with Gasteiger partial charge >= 0.3 is 0 Å². The highest BCUT2D eigenvalue weighted by Crippen LogP contribution is 2.26. The molecule has 0 radical (unpaired) electrons. The molecule has 2 rings (SSSR count). The van der Waals surface area contributed by atoms with Crippen LogP contribution in [0, 0.1) is 5.92 Å². The second-order valence-electron chi connectivity index (χ2n) is 4.71. The minimum absolute atomic E-state index is 0. The van der Waals surface area contributed by atoms with Gasteiger partial charge in [0.05, 0.1) is 6.33 Å². The molecule has 5 nitrogen and oxygen atoms in total. The van der Waals surface area contributed by atoms with E-state index >= 15 is 0 Å². The lowest BCUT2D eigenvalue weighted by Gasteiger charge is -2.14. The van der Waals surface area contributed by atoms with E-state index in [1.54, 1.807) is 12.5 Å². The second kappa shape index (κ2) is 9.18. The van der Waals surface area contributed by atoms with Crippen LogP contribution in [0.2, 0.25) is 0 Å². The van der Waals surface area contributed by atoms with Gasteiger partial charge in [-0.2, -0.15) is 0 Å². The largest absolute Gasteiger partial charge is 0.354 e. The van der Waals surface area contributed by atoms with Crippen molar-refractivity contribution >= 4 is 30.7 Å². The number of imidazole rings is 1. The zero-order valence-electron chi connectivity index (χ0n) is 10.8. The Kier molecular flexibility index (Phi) is 8.80. The van der Waals surface area contributed by atoms with Crippen molar-refractivity contribution in [3.63, 3.8) is 0 Å². The van der Waals surface area contributed by atoms with Gasteiger partial charge in [-0.05, 0) is 18.8 Å². The van der Waals surface area contributed by atoms with Gasteiger partial charge < -0.3 is 15.6 Å². The Morgan fingerprint density at radius 1 is 1.42 bits per heavy atom. The third-order valence-corrected chi connectivity index (χ3v) is 3.42. The highest BCUT2D eigenvalue weighted by Gasteiger charge is 2.25. The number of carbonyl (C=O) groups excluding carboxylic acids is 1. The molecule has 0 aliphatic heterocycles. The molecule has 1 aliphatic carbocycles. The predicted molar refractivity (Wildman–Crippen MR) is 79.7 cm³/mol. The first kappa shape index (κ1) is 18.2. The van der Waals surface area contributed by atoms with Crippen molar-refractivity contribution in [2.24, 2.45) is 11.7 Å². The molecule has 1 aliphatic rings. The van der Waals surface area contributed by atoms with Crippen molar-refractivity contribution < 1.29 is 4.79 Å². The first-order valence-electron chi connectivity index (χ1n) is 6.23. The number of nitrogens with two attached hydrogens (primary N) is 1. The van der Waals surface area contributed by atoms with Gasteiger partial charge in [0.15, 0.2) is 0 Å². The Morgan fingerprint density at radius 2 is 2.21 bits per heavy atom. The molecule has 19 heavy (non-hydrogen) atoms. The molecule has 3 N–H and O–H groups in total. The van der Waals surface area contributed by atoms with E-state index in [0.29, 0.717) is 18.9 Å². The zero-order valence-corrected chi connectivity index (χ0v) is 12.5. The van der Waals surface area contributed by atoms with Crippen LogP contribution in [0.15, 0.2) is 18.7 Å². The third-order valence-electron chi connectivity index (χ3n) is 3.42. The van der Waals surface area contributed by atoms with Crippen LogP contribution in [-0.2, 0) is 11.3 Å². The minimum Gasteiger partial charge on any atom is -0.354 e. The number of nitrogens with one attached hydrogen (secondary N) is 1. The summed E-state index contributed by atoms with van der Waals surface area (Å²) >= 11 is 0. The van der Waals surface area contributed by atoms with E-state index < -0.39 is 0 Å². The van der Waals surface area contributed by atoms with Gasteiger partial charge in [-0.25, -0.2) is 4.98 Å². The van der Waals surface area contributed by atoms with E-state index in [1.807, 2.05) is 10.8 Å². The highest BCUT2D eigenvalue weighted by molar-refractivity contribution is 5.85. The lowest BCUT2D eigenvalue weighted by Crippen LogP contribution is -2.33. The molecule has 1 aromatic rings. The lowest BCUT2D eigenvalue weighted by atomic mass is 10.00. The number of rotatable bonds is 5. The molecule has 1 fully saturated rings. The minimum atomic E-state index is 0. The van der Waals surface area contributed by atoms with Gasteiger partial charge in [-0.3, -0.25) is 4.79 Å². The maximum atomic E-state index is 11.7. The lowest BCUT2D eigenvalue weighted by molar-refractivity contribution is -0.122. The van der Waals surface area contributed by atoms with Gasteiger partial charge in [0.2, 0.25) is 5.91 Å². The van der Waals surface area contributed by atoms with Crippen LogP contribution >= 0.6 is 24.8 Å². The summed E-state index contributed by atoms with van der Waals surface area (Å²) in [7, 11) is 0. The molecule has 1 saturated carbocycles. The van der Waals surface area contributed by atoms with Crippen LogP contribution in [-0.4, -0.2) is 28.0 Å². The summed E-state index contributed by atoms with van der Waals surface area (Å²) in [6.45, 7) is 1.42. The van der Waals surface area contributed by atoms with E-state index in [4.69, 9.17) is 5.73 Å². The SMILES string of the molecule is Cl.Cl.N[C@@H]1CCC[C@H]1CC(=O)NCCn1ccnc1. The van der Waals surface area contributed by atoms with Crippen LogP contribution < -0.4 is 11.1 Å². The number of aromatic nitrogens is 2. The average Bonchev–Trinajstić information content (AvgIpc) is 2.92. The normalized spacial score (nSPS) is 21.3. The van der Waals surface area contributed by atoms with Crippen molar-refractivity contribution in [3.8, 4) is 0 Å². The van der Waals surface area contributed by atoms with Crippen LogP contribution in [0.4, 0.5) is 0 Å². The molecule has 0 aromatic carbocycles. The predicted octanol–water partition coefficient (Wildman–Crippen LogP) is 1.36. The molecule has 1 amide bonds. The third kappa shape index (κ3) is 5.80. The quantitative estimate of drug-likeness (QED) is 0.862. The molecule has 2 atom stereocenters. The van der Waals surface area contributed by atoms with Crippen molar-refractivity contribution in [1.82, 2.24) is 14.9 Å². The Morgan fingerprint density at radius 3 is 2.79 bits per heavy atom. The maximum absolute atomic E-state index is 11.7. The summed E-state index contributed by atoms with van der Waals surface area (Å²) in [6, 6.07) is 0.217. The molecule has 110 valence electrons. The fourth-order valence-electron chi connectivity index (χ4n) is 2.37. The standard InChI is InChI=1S/C12H20N4O.2ClH/c13-11-3-1-2-10(11)8-12(17)15-5-7-16-6-4-14-9-16;;/h4,6,9-11H,1-3,5,7-8,13H2,(H,15,17);2*1H/t10-,11+;;/m0../s1. The Bertz CT molecular complexity index is 359. The van der Waals surface area contributed by atoms with E-state index in [9.17, 15) is 4.79 Å². The number of halogens is 2. The number of carbonyl (C=O) groups is 1. The van der Waals surface area contributed by atoms with Gasteiger partial charge in [-0.15, -0.1) is 24.8 Å². The van der Waals surface area contributed by atoms with Crippen molar-refractivity contribution in [1.29, 1.82) is 0 Å². The molecular formula is C12H22Cl2N4O. The van der Waals surface area contributed by atoms with E-state index in [2.05, 4.69) is 10.3 Å². The monoisotopic (exact) mass is 308 g/mol. The van der Waals surface area contributed by atoms with Crippen LogP contribution in [0.1, 0.15) is 25.7 Å². The first-order valence-corrected chi connectivity index (χ1v) is 6.23. The Balaban J connectivity index is 0.00000162. The van der Waals surface area contributed by atoms with Crippen LogP contribution in [0.3, 0.4) is 0 Å². The van der Waals surface area contributed by atoms with Gasteiger partial charge in [0.25, 0.3) is 0 Å². The maximum Gasteiger partial charge on any atom is 0.220 e. The van der Waals surface area contributed by atoms with Crippen LogP contribution in [0.25, 0.3) is 0 Å². The first-order chi connectivity index (χ1) is 8.25. The second-order valence-corrected chi connectivity index (χ2v) is 4.71. The molecular weight excluding hydrogens is 287 g/mol. The van der Waals surface area contributed by atoms with Crippen LogP contribution in [0.5, 0.6) is 0 Å². The molecule has 7 heteroatoms. The molecule has 0 unspecified atom stereocenters. The van der Waals surface area contributed by atoms with E-state index in [-0.39, 0.29) is 36.8 Å². The summed E-state index contributed by atoms with van der Waals surface area (Å²) in [4.78, 5) is 15.6. The van der Waals surface area contributed by atoms with Crippen molar-refractivity contribution in [2.45, 2.75) is 38.3 Å². The Hall–Kier alpha value is -0.780. The number of hydrogen-bond donors (Lipinski definition) is 2. The van der Waals surface area contributed by atoms with E-state index in [0.717, 1.165) is 25.8 Å². The zero-order chi connectivity index (χ0) is 12.1. The summed E-state index contributed by atoms with van der Waals surface area (Å²) in [6.07, 6.45) is 9.26. The molecule has 0 spiro atoms. The molecule has 1 heterocycles. The summed E-state index contributed by atoms with van der Waals surface area (Å²) in [5.41, 5.74) is 5.94. The highest BCUT2D eigenvalue weighted by atomic mass is 35.5. The fraction of sp³-hybridized carbons (Fsp3) is 0.667. The van der Waals surface area contributed by atoms with Gasteiger partial charge in [0, 0.05) is 37.9 Å². The topological polar surface area (TPSA) is 72.9 Å². The summed E-state index contributed by atoms with van der Waals surface area (Å²) < 4.78 is 1.95. The molecule has 1 aromatic heterocycles. The number of amides is 1. The number of hydrogen-bond acceptors (Lipinski definition) is 3. The fourth-order valence-corrected chi connectivity index (χ4v) is 2.37. The van der Waals surface area contributed by atoms with Crippen molar-refractivity contribution in [2.75, 3.05) is 6.54 Å².